The quantitative estimate of drug-likeness (QED) is 0.111. The first kappa shape index (κ1) is 42.5. The lowest BCUT2D eigenvalue weighted by Gasteiger charge is -2.29. The summed E-state index contributed by atoms with van der Waals surface area (Å²) in [5, 5.41) is 9.80. The third-order valence-corrected chi connectivity index (χ3v) is 13.3. The van der Waals surface area contributed by atoms with Crippen LogP contribution in [0, 0.1) is 13.8 Å². The summed E-state index contributed by atoms with van der Waals surface area (Å²) >= 11 is 0. The summed E-state index contributed by atoms with van der Waals surface area (Å²) in [7, 11) is 0. The van der Waals surface area contributed by atoms with Gasteiger partial charge in [-0.1, -0.05) is 181 Å². The van der Waals surface area contributed by atoms with Crippen LogP contribution < -0.4 is 9.80 Å². The van der Waals surface area contributed by atoms with E-state index in [0.29, 0.717) is 0 Å². The van der Waals surface area contributed by atoms with Crippen LogP contribution in [0.3, 0.4) is 0 Å². The second-order valence-electron chi connectivity index (χ2n) is 20.0. The third kappa shape index (κ3) is 8.02. The molecule has 0 aliphatic rings. The molecule has 2 nitrogen and oxygen atoms in total. The number of anilines is 6. The molecule has 0 amide bonds. The van der Waals surface area contributed by atoms with Gasteiger partial charge in [-0.25, -0.2) is 0 Å². The molecule has 0 fully saturated rings. The Labute approximate surface area is 391 Å². The van der Waals surface area contributed by atoms with E-state index >= 15 is 0 Å². The monoisotopic (exact) mass is 854 g/mol. The first-order chi connectivity index (χ1) is 31.8. The molecule has 0 aliphatic heterocycles. The highest BCUT2D eigenvalue weighted by atomic mass is 15.1. The van der Waals surface area contributed by atoms with Crippen molar-refractivity contribution < 1.29 is 0 Å². The number of nitrogens with zero attached hydrogens (tertiary/aromatic N) is 2. The third-order valence-electron chi connectivity index (χ3n) is 13.3. The average molecular weight is 855 g/mol. The molecule has 0 bridgehead atoms. The summed E-state index contributed by atoms with van der Waals surface area (Å²) in [4.78, 5) is 4.85. The standard InChI is InChI=1S/C64H58N2/c1-43-17-15-19-51(39-43)65(49-34-30-47(31-35-49)63(3,4)5)61-38-29-45(53-21-10-13-25-57(53)61)27-28-46-41-59-56-24-12-14-26-58(56)62(42-60(59)55-23-11-9-22-54(46)55)66(52-20-16-18-44(2)40-52)50-36-32-48(33-37-50)64(6,7)8/h9-42H,1-8H3. The molecule has 0 aliphatic carbocycles. The van der Waals surface area contributed by atoms with E-state index in [1.807, 2.05) is 0 Å². The van der Waals surface area contributed by atoms with Gasteiger partial charge < -0.3 is 9.80 Å². The lowest BCUT2D eigenvalue weighted by atomic mass is 9.87. The Morgan fingerprint density at radius 2 is 0.712 bits per heavy atom. The highest BCUT2D eigenvalue weighted by molar-refractivity contribution is 6.23. The lowest BCUT2D eigenvalue weighted by Crippen LogP contribution is -2.13. The Balaban J connectivity index is 1.12. The zero-order chi connectivity index (χ0) is 45.7. The van der Waals surface area contributed by atoms with E-state index in [4.69, 9.17) is 0 Å². The number of benzene rings is 10. The predicted molar refractivity (Wildman–Crippen MR) is 288 cm³/mol. The summed E-state index contributed by atoms with van der Waals surface area (Å²) in [6.07, 6.45) is 4.64. The van der Waals surface area contributed by atoms with Crippen molar-refractivity contribution in [2.75, 3.05) is 9.80 Å². The van der Waals surface area contributed by atoms with Crippen molar-refractivity contribution in [2.24, 2.45) is 0 Å². The highest BCUT2D eigenvalue weighted by Gasteiger charge is 2.22. The predicted octanol–water partition coefficient (Wildman–Crippen LogP) is 18.6. The normalized spacial score (nSPS) is 12.2. The van der Waals surface area contributed by atoms with Crippen molar-refractivity contribution in [1.82, 2.24) is 0 Å². The summed E-state index contributed by atoms with van der Waals surface area (Å²) < 4.78 is 0. The van der Waals surface area contributed by atoms with Crippen LogP contribution in [0.15, 0.2) is 194 Å². The topological polar surface area (TPSA) is 6.48 Å². The van der Waals surface area contributed by atoms with Gasteiger partial charge in [-0.2, -0.15) is 0 Å². The Kier molecular flexibility index (Phi) is 10.9. The molecule has 0 saturated carbocycles. The van der Waals surface area contributed by atoms with Gasteiger partial charge in [-0.3, -0.25) is 0 Å². The Bertz CT molecular complexity index is 3450. The van der Waals surface area contributed by atoms with Crippen molar-refractivity contribution in [3.63, 3.8) is 0 Å². The Morgan fingerprint density at radius 3 is 1.21 bits per heavy atom. The van der Waals surface area contributed by atoms with Crippen molar-refractivity contribution in [3.05, 3.63) is 228 Å². The number of fused-ring (bicyclic) bond motifs is 6. The SMILES string of the molecule is Cc1cccc(N(c2ccc(C(C)(C)C)cc2)c2ccc(C=Cc3cc4c5ccccc5c(N(c5ccc(C(C)(C)C)cc5)c5cccc(C)c5)cc4c4ccccc34)c3ccccc23)c1. The highest BCUT2D eigenvalue weighted by Crippen LogP contribution is 2.46. The molecule has 2 heteroatoms. The van der Waals surface area contributed by atoms with Gasteiger partial charge in [0, 0.05) is 33.5 Å². The fourth-order valence-electron chi connectivity index (χ4n) is 9.72. The van der Waals surface area contributed by atoms with Crippen molar-refractivity contribution in [3.8, 4) is 0 Å². The number of rotatable bonds is 8. The van der Waals surface area contributed by atoms with Crippen LogP contribution in [0.4, 0.5) is 34.1 Å². The molecule has 66 heavy (non-hydrogen) atoms. The van der Waals surface area contributed by atoms with Crippen LogP contribution in [-0.4, -0.2) is 0 Å². The molecule has 0 unspecified atom stereocenters. The molecular formula is C64H58N2. The number of hydrogen-bond donors (Lipinski definition) is 0. The molecule has 324 valence electrons. The van der Waals surface area contributed by atoms with E-state index in [-0.39, 0.29) is 10.8 Å². The van der Waals surface area contributed by atoms with Crippen LogP contribution in [-0.2, 0) is 10.8 Å². The minimum absolute atomic E-state index is 0.0617. The second kappa shape index (κ2) is 16.9. The number of hydrogen-bond acceptors (Lipinski definition) is 2. The maximum Gasteiger partial charge on any atom is 0.0546 e. The van der Waals surface area contributed by atoms with E-state index in [1.165, 1.54) is 76.5 Å². The Hall–Kier alpha value is -7.42. The van der Waals surface area contributed by atoms with Gasteiger partial charge in [-0.05, 0) is 157 Å². The zero-order valence-corrected chi connectivity index (χ0v) is 39.5. The minimum Gasteiger partial charge on any atom is -0.310 e. The minimum atomic E-state index is 0.0617. The smallest absolute Gasteiger partial charge is 0.0546 e. The molecule has 0 N–H and O–H groups in total. The van der Waals surface area contributed by atoms with Crippen LogP contribution in [0.2, 0.25) is 0 Å². The van der Waals surface area contributed by atoms with Crippen LogP contribution in [0.25, 0.3) is 55.2 Å². The van der Waals surface area contributed by atoms with Crippen molar-refractivity contribution in [1.29, 1.82) is 0 Å². The van der Waals surface area contributed by atoms with Gasteiger partial charge in [0.1, 0.15) is 0 Å². The molecule has 10 aromatic rings. The average Bonchev–Trinajstić information content (AvgIpc) is 3.31. The van der Waals surface area contributed by atoms with Gasteiger partial charge in [0.2, 0.25) is 0 Å². The van der Waals surface area contributed by atoms with Gasteiger partial charge >= 0.3 is 0 Å². The van der Waals surface area contributed by atoms with Crippen molar-refractivity contribution >= 4 is 89.4 Å². The molecule has 0 heterocycles. The molecular weight excluding hydrogens is 797 g/mol. The van der Waals surface area contributed by atoms with E-state index in [9.17, 15) is 0 Å². The van der Waals surface area contributed by atoms with Crippen LogP contribution in [0.1, 0.15) is 74.9 Å². The fraction of sp³-hybridized carbons (Fsp3) is 0.156. The van der Waals surface area contributed by atoms with Crippen LogP contribution in [0.5, 0.6) is 0 Å². The lowest BCUT2D eigenvalue weighted by molar-refractivity contribution is 0.590. The van der Waals surface area contributed by atoms with Gasteiger partial charge in [0.05, 0.1) is 11.4 Å². The molecule has 10 rings (SSSR count). The maximum absolute atomic E-state index is 2.44. The van der Waals surface area contributed by atoms with Gasteiger partial charge in [0.15, 0.2) is 0 Å². The zero-order valence-electron chi connectivity index (χ0n) is 39.5. The summed E-state index contributed by atoms with van der Waals surface area (Å²) in [6.45, 7) is 18.0. The summed E-state index contributed by atoms with van der Waals surface area (Å²) in [5.74, 6) is 0. The van der Waals surface area contributed by atoms with E-state index in [1.54, 1.807) is 0 Å². The number of aryl methyl sites for hydroxylation is 2. The van der Waals surface area contributed by atoms with E-state index in [2.05, 4.69) is 271 Å². The van der Waals surface area contributed by atoms with Gasteiger partial charge in [-0.15, -0.1) is 0 Å². The first-order valence-electron chi connectivity index (χ1n) is 23.3. The first-order valence-corrected chi connectivity index (χ1v) is 23.3. The molecule has 10 aromatic carbocycles. The van der Waals surface area contributed by atoms with Gasteiger partial charge in [0.25, 0.3) is 0 Å². The van der Waals surface area contributed by atoms with E-state index in [0.717, 1.165) is 34.1 Å². The maximum atomic E-state index is 2.44. The summed E-state index contributed by atoms with van der Waals surface area (Å²) in [6, 6.07) is 72.1. The Morgan fingerprint density at radius 1 is 0.303 bits per heavy atom. The molecule has 0 aromatic heterocycles. The molecule has 0 spiro atoms. The van der Waals surface area contributed by atoms with Crippen molar-refractivity contribution in [2.45, 2.75) is 66.2 Å². The molecule has 0 saturated heterocycles. The molecule has 0 atom stereocenters. The fourth-order valence-corrected chi connectivity index (χ4v) is 9.72. The van der Waals surface area contributed by atoms with Crippen LogP contribution >= 0.6 is 0 Å². The van der Waals surface area contributed by atoms with E-state index < -0.39 is 0 Å². The largest absolute Gasteiger partial charge is 0.310 e. The summed E-state index contributed by atoms with van der Waals surface area (Å²) in [5.41, 5.74) is 14.5. The second-order valence-corrected chi connectivity index (χ2v) is 20.0. The molecule has 0 radical (unpaired) electrons.